The second-order valence-corrected chi connectivity index (χ2v) is 8.92. The first kappa shape index (κ1) is 27.6. The number of rotatable bonds is 5. The Hall–Kier alpha value is -3.41. The highest BCUT2D eigenvalue weighted by Gasteiger charge is 2.43. The van der Waals surface area contributed by atoms with Gasteiger partial charge in [0.15, 0.2) is 6.10 Å². The van der Waals surface area contributed by atoms with E-state index in [0.717, 1.165) is 30.3 Å². The summed E-state index contributed by atoms with van der Waals surface area (Å²) >= 11 is 0. The van der Waals surface area contributed by atoms with Crippen LogP contribution in [0.3, 0.4) is 0 Å². The number of para-hydroxylation sites is 2. The van der Waals surface area contributed by atoms with Crippen LogP contribution >= 0.6 is 0 Å². The van der Waals surface area contributed by atoms with Crippen molar-refractivity contribution in [3.63, 3.8) is 0 Å². The van der Waals surface area contributed by atoms with Gasteiger partial charge in [-0.25, -0.2) is 0 Å². The lowest BCUT2D eigenvalue weighted by atomic mass is 9.96. The Labute approximate surface area is 211 Å². The number of hydrogen-bond donors (Lipinski definition) is 1. The fraction of sp³-hybridized carbons (Fsp3) is 0.308. The first-order chi connectivity index (χ1) is 17.6. The van der Waals surface area contributed by atoms with Crippen molar-refractivity contribution >= 4 is 11.4 Å². The van der Waals surface area contributed by atoms with Gasteiger partial charge in [0, 0.05) is 13.1 Å². The van der Waals surface area contributed by atoms with Gasteiger partial charge in [0.1, 0.15) is 0 Å². The van der Waals surface area contributed by atoms with Gasteiger partial charge in [0.2, 0.25) is 0 Å². The molecular weight excluding hydrogens is 527 g/mol. The Kier molecular flexibility index (Phi) is 7.30. The zero-order valence-corrected chi connectivity index (χ0v) is 19.4. The van der Waals surface area contributed by atoms with Crippen LogP contribution in [-0.4, -0.2) is 30.5 Å². The highest BCUT2D eigenvalue weighted by atomic mass is 19.4. The number of fused-ring (bicyclic) bond motifs is 1. The average Bonchev–Trinajstić information content (AvgIpc) is 2.84. The molecule has 0 saturated heterocycles. The standard InChI is InChI=1S/C26H21F9N2O/c27-24(28,29)18-7-3-5-16(11-18)13-36-14-22(17-6-4-8-19(12-17)25(30,31)32)37(15-23(38)26(33,34)35)21-10-2-1-9-20(21)36/h1-12,22-23,38H,13-15H2/t22-,23+/m0/s1. The van der Waals surface area contributed by atoms with Gasteiger partial charge in [-0.2, -0.15) is 39.5 Å². The van der Waals surface area contributed by atoms with E-state index in [4.69, 9.17) is 0 Å². The predicted octanol–water partition coefficient (Wildman–Crippen LogP) is 7.22. The largest absolute Gasteiger partial charge is 0.416 e. The summed E-state index contributed by atoms with van der Waals surface area (Å²) in [6, 6.07) is 13.7. The minimum absolute atomic E-state index is 0.0396. The third kappa shape index (κ3) is 6.01. The number of hydrogen-bond acceptors (Lipinski definition) is 3. The van der Waals surface area contributed by atoms with Crippen molar-refractivity contribution in [3.8, 4) is 0 Å². The number of aliphatic hydroxyl groups excluding tert-OH is 1. The van der Waals surface area contributed by atoms with E-state index >= 15 is 0 Å². The maximum Gasteiger partial charge on any atom is 0.416 e. The van der Waals surface area contributed by atoms with Crippen LogP contribution < -0.4 is 9.80 Å². The summed E-state index contributed by atoms with van der Waals surface area (Å²) in [4.78, 5) is 2.79. The zero-order chi connectivity index (χ0) is 27.9. The van der Waals surface area contributed by atoms with E-state index in [9.17, 15) is 44.6 Å². The van der Waals surface area contributed by atoms with Crippen molar-refractivity contribution in [1.82, 2.24) is 0 Å². The molecule has 0 amide bonds. The highest BCUT2D eigenvalue weighted by Crippen LogP contribution is 2.43. The number of β-amino-alcohol motifs (C(OH)–C–C–N with tert-alkyl or cyclic N) is 1. The second kappa shape index (κ2) is 10.0. The fourth-order valence-corrected chi connectivity index (χ4v) is 4.49. The van der Waals surface area contributed by atoms with Gasteiger partial charge in [-0.3, -0.25) is 0 Å². The maximum absolute atomic E-state index is 13.4. The normalized spacial score (nSPS) is 17.4. The van der Waals surface area contributed by atoms with Crippen molar-refractivity contribution < 1.29 is 44.6 Å². The van der Waals surface area contributed by atoms with E-state index in [1.54, 1.807) is 17.0 Å². The minimum Gasteiger partial charge on any atom is -0.382 e. The molecule has 12 heteroatoms. The lowest BCUT2D eigenvalue weighted by Crippen LogP contribution is -2.49. The van der Waals surface area contributed by atoms with Crippen molar-refractivity contribution in [3.05, 3.63) is 95.1 Å². The molecule has 0 unspecified atom stereocenters. The van der Waals surface area contributed by atoms with Gasteiger partial charge in [0.05, 0.1) is 35.1 Å². The summed E-state index contributed by atoms with van der Waals surface area (Å²) in [5, 5.41) is 9.85. The molecule has 0 radical (unpaired) electrons. The predicted molar refractivity (Wildman–Crippen MR) is 123 cm³/mol. The molecular formula is C26H21F9N2O. The van der Waals surface area contributed by atoms with Crippen molar-refractivity contribution in [1.29, 1.82) is 0 Å². The summed E-state index contributed by atoms with van der Waals surface area (Å²) in [5.74, 6) is 0. The Balaban J connectivity index is 1.79. The van der Waals surface area contributed by atoms with Crippen LogP contribution in [0.1, 0.15) is 28.3 Å². The van der Waals surface area contributed by atoms with Crippen molar-refractivity contribution in [2.45, 2.75) is 37.2 Å². The van der Waals surface area contributed by atoms with Crippen molar-refractivity contribution in [2.24, 2.45) is 0 Å². The zero-order valence-electron chi connectivity index (χ0n) is 19.4. The number of benzene rings is 3. The molecule has 3 aromatic rings. The molecule has 3 aromatic carbocycles. The molecule has 1 N–H and O–H groups in total. The molecule has 0 aromatic heterocycles. The molecule has 1 heterocycles. The summed E-state index contributed by atoms with van der Waals surface area (Å²) in [7, 11) is 0. The molecule has 0 saturated carbocycles. The first-order valence-electron chi connectivity index (χ1n) is 11.3. The molecule has 0 spiro atoms. The van der Waals surface area contributed by atoms with E-state index in [2.05, 4.69) is 0 Å². The number of anilines is 2. The molecule has 2 atom stereocenters. The number of aliphatic hydroxyl groups is 1. The quantitative estimate of drug-likeness (QED) is 0.341. The average molecular weight is 548 g/mol. The monoisotopic (exact) mass is 548 g/mol. The van der Waals surface area contributed by atoms with Gasteiger partial charge in [-0.1, -0.05) is 36.4 Å². The lowest BCUT2D eigenvalue weighted by molar-refractivity contribution is -0.200. The van der Waals surface area contributed by atoms with Gasteiger partial charge in [0.25, 0.3) is 0 Å². The SMILES string of the molecule is O[C@H](CN1c2ccccc2N(Cc2cccc(C(F)(F)F)c2)C[C@H]1c1cccc(C(F)(F)F)c1)C(F)(F)F. The van der Waals surface area contributed by atoms with E-state index in [1.165, 1.54) is 35.2 Å². The lowest BCUT2D eigenvalue weighted by Gasteiger charge is -2.46. The number of alkyl halides is 9. The highest BCUT2D eigenvalue weighted by molar-refractivity contribution is 5.75. The fourth-order valence-electron chi connectivity index (χ4n) is 4.49. The third-order valence-electron chi connectivity index (χ3n) is 6.28. The van der Waals surface area contributed by atoms with E-state index < -0.39 is 48.3 Å². The van der Waals surface area contributed by atoms with Crippen LogP contribution in [0.15, 0.2) is 72.8 Å². The molecule has 0 aliphatic carbocycles. The third-order valence-corrected chi connectivity index (χ3v) is 6.28. The molecule has 204 valence electrons. The Bertz CT molecular complexity index is 1270. The van der Waals surface area contributed by atoms with Crippen LogP contribution in [0.5, 0.6) is 0 Å². The van der Waals surface area contributed by atoms with Crippen LogP contribution in [0.25, 0.3) is 0 Å². The van der Waals surface area contributed by atoms with Crippen molar-refractivity contribution in [2.75, 3.05) is 22.9 Å². The number of nitrogens with zero attached hydrogens (tertiary/aromatic N) is 2. The second-order valence-electron chi connectivity index (χ2n) is 8.92. The molecule has 1 aliphatic heterocycles. The molecule has 3 nitrogen and oxygen atoms in total. The van der Waals surface area contributed by atoms with Gasteiger partial charge in [-0.15, -0.1) is 0 Å². The Morgan fingerprint density at radius 1 is 0.737 bits per heavy atom. The van der Waals surface area contributed by atoms with Crippen LogP contribution in [0.4, 0.5) is 50.9 Å². The summed E-state index contributed by atoms with van der Waals surface area (Å²) in [5.41, 5.74) is -1.04. The topological polar surface area (TPSA) is 26.7 Å². The molecule has 1 aliphatic rings. The molecule has 4 rings (SSSR count). The number of halogens is 9. The minimum atomic E-state index is -4.98. The smallest absolute Gasteiger partial charge is 0.382 e. The van der Waals surface area contributed by atoms with Crippen LogP contribution in [0, 0.1) is 0 Å². The summed E-state index contributed by atoms with van der Waals surface area (Å²) < 4.78 is 120. The van der Waals surface area contributed by atoms with Crippen LogP contribution in [-0.2, 0) is 18.9 Å². The van der Waals surface area contributed by atoms with E-state index in [-0.39, 0.29) is 29.9 Å². The maximum atomic E-state index is 13.4. The Morgan fingerprint density at radius 3 is 1.92 bits per heavy atom. The van der Waals surface area contributed by atoms with E-state index in [0.29, 0.717) is 5.69 Å². The molecule has 38 heavy (non-hydrogen) atoms. The summed E-state index contributed by atoms with van der Waals surface area (Å²) in [6.07, 6.45) is -17.1. The van der Waals surface area contributed by atoms with Crippen LogP contribution in [0.2, 0.25) is 0 Å². The van der Waals surface area contributed by atoms with Gasteiger partial charge < -0.3 is 14.9 Å². The Morgan fingerprint density at radius 2 is 1.32 bits per heavy atom. The summed E-state index contributed by atoms with van der Waals surface area (Å²) in [6.45, 7) is -1.20. The van der Waals surface area contributed by atoms with E-state index in [1.807, 2.05) is 0 Å². The van der Waals surface area contributed by atoms with Gasteiger partial charge >= 0.3 is 18.5 Å². The molecule has 0 bridgehead atoms. The molecule has 0 fully saturated rings. The first-order valence-corrected chi connectivity index (χ1v) is 11.3. The van der Waals surface area contributed by atoms with Gasteiger partial charge in [-0.05, 0) is 47.5 Å².